The second-order valence-corrected chi connectivity index (χ2v) is 3.14. The Kier molecular flexibility index (Phi) is 4.35. The minimum Gasteiger partial charge on any atom is -0.508 e. The number of phenols is 1. The molecule has 0 saturated carbocycles. The van der Waals surface area contributed by atoms with Crippen LogP contribution in [0.25, 0.3) is 0 Å². The lowest BCUT2D eigenvalue weighted by Gasteiger charge is -2.04. The predicted molar refractivity (Wildman–Crippen MR) is 53.4 cm³/mol. The lowest BCUT2D eigenvalue weighted by molar-refractivity contribution is 0.467. The van der Waals surface area contributed by atoms with Crippen LogP contribution < -0.4 is 11.1 Å². The maximum absolute atomic E-state index is 12.8. The summed E-state index contributed by atoms with van der Waals surface area (Å²) >= 11 is 0. The molecule has 1 aromatic rings. The molecule has 1 aromatic carbocycles. The first-order valence-electron chi connectivity index (χ1n) is 4.61. The highest BCUT2D eigenvalue weighted by atomic mass is 19.1. The van der Waals surface area contributed by atoms with Gasteiger partial charge in [-0.25, -0.2) is 4.39 Å². The van der Waals surface area contributed by atoms with Gasteiger partial charge in [0.1, 0.15) is 11.6 Å². The highest BCUT2D eigenvalue weighted by Crippen LogP contribution is 2.14. The average Bonchev–Trinajstić information content (AvgIpc) is 2.11. The van der Waals surface area contributed by atoms with Gasteiger partial charge in [-0.05, 0) is 37.2 Å². The fourth-order valence-corrected chi connectivity index (χ4v) is 1.20. The molecule has 0 atom stereocenters. The largest absolute Gasteiger partial charge is 0.508 e. The van der Waals surface area contributed by atoms with Crippen LogP contribution in [0.4, 0.5) is 4.39 Å². The molecule has 0 radical (unpaired) electrons. The fourth-order valence-electron chi connectivity index (χ4n) is 1.20. The Morgan fingerprint density at radius 2 is 2.14 bits per heavy atom. The van der Waals surface area contributed by atoms with Gasteiger partial charge in [0.15, 0.2) is 0 Å². The maximum atomic E-state index is 12.8. The zero-order valence-corrected chi connectivity index (χ0v) is 7.96. The first-order valence-corrected chi connectivity index (χ1v) is 4.61. The summed E-state index contributed by atoms with van der Waals surface area (Å²) in [7, 11) is 0. The summed E-state index contributed by atoms with van der Waals surface area (Å²) in [5.41, 5.74) is 6.05. The zero-order valence-electron chi connectivity index (χ0n) is 7.96. The molecule has 0 saturated heterocycles. The number of halogens is 1. The third-order valence-electron chi connectivity index (χ3n) is 1.83. The van der Waals surface area contributed by atoms with Crippen molar-refractivity contribution in [1.82, 2.24) is 5.32 Å². The standard InChI is InChI=1S/C10H15FN2O/c11-9-4-8(5-10(14)6-9)7-13-3-1-2-12/h4-6,13-14H,1-3,7,12H2. The van der Waals surface area contributed by atoms with Crippen LogP contribution >= 0.6 is 0 Å². The lowest BCUT2D eigenvalue weighted by atomic mass is 10.2. The van der Waals surface area contributed by atoms with Crippen LogP contribution in [0.2, 0.25) is 0 Å². The normalized spacial score (nSPS) is 10.4. The highest BCUT2D eigenvalue weighted by molar-refractivity contribution is 5.28. The molecule has 0 spiro atoms. The third-order valence-corrected chi connectivity index (χ3v) is 1.83. The van der Waals surface area contributed by atoms with E-state index in [1.165, 1.54) is 6.07 Å². The van der Waals surface area contributed by atoms with Crippen LogP contribution in [-0.4, -0.2) is 18.2 Å². The Morgan fingerprint density at radius 1 is 1.36 bits per heavy atom. The Morgan fingerprint density at radius 3 is 2.79 bits per heavy atom. The van der Waals surface area contributed by atoms with Crippen LogP contribution in [0.3, 0.4) is 0 Å². The number of aromatic hydroxyl groups is 1. The van der Waals surface area contributed by atoms with Gasteiger partial charge in [0.25, 0.3) is 0 Å². The zero-order chi connectivity index (χ0) is 10.4. The summed E-state index contributed by atoms with van der Waals surface area (Å²) < 4.78 is 12.8. The summed E-state index contributed by atoms with van der Waals surface area (Å²) in [5.74, 6) is -0.457. The third kappa shape index (κ3) is 3.72. The summed E-state index contributed by atoms with van der Waals surface area (Å²) in [6.45, 7) is 1.99. The molecular formula is C10H15FN2O. The number of benzene rings is 1. The molecule has 0 bridgehead atoms. The predicted octanol–water partition coefficient (Wildman–Crippen LogP) is 0.970. The van der Waals surface area contributed by atoms with Gasteiger partial charge < -0.3 is 16.2 Å². The molecule has 14 heavy (non-hydrogen) atoms. The number of phenolic OH excluding ortho intramolecular Hbond substituents is 1. The van der Waals surface area contributed by atoms with Crippen molar-refractivity contribution in [2.24, 2.45) is 5.73 Å². The van der Waals surface area contributed by atoms with Crippen molar-refractivity contribution >= 4 is 0 Å². The molecule has 0 aliphatic heterocycles. The molecule has 0 unspecified atom stereocenters. The second-order valence-electron chi connectivity index (χ2n) is 3.14. The Hall–Kier alpha value is -1.13. The lowest BCUT2D eigenvalue weighted by Crippen LogP contribution is -2.17. The summed E-state index contributed by atoms with van der Waals surface area (Å²) in [6, 6.07) is 4.02. The van der Waals surface area contributed by atoms with E-state index in [0.717, 1.165) is 24.6 Å². The second kappa shape index (κ2) is 5.57. The van der Waals surface area contributed by atoms with E-state index in [0.29, 0.717) is 13.1 Å². The Balaban J connectivity index is 2.42. The SMILES string of the molecule is NCCCNCc1cc(O)cc(F)c1. The van der Waals surface area contributed by atoms with Crippen molar-refractivity contribution in [2.45, 2.75) is 13.0 Å². The molecule has 78 valence electrons. The highest BCUT2D eigenvalue weighted by Gasteiger charge is 1.98. The van der Waals surface area contributed by atoms with Crippen molar-refractivity contribution in [3.63, 3.8) is 0 Å². The van der Waals surface area contributed by atoms with Crippen molar-refractivity contribution in [2.75, 3.05) is 13.1 Å². The van der Waals surface area contributed by atoms with Gasteiger partial charge in [-0.2, -0.15) is 0 Å². The minimum atomic E-state index is -0.416. The number of nitrogens with two attached hydrogens (primary N) is 1. The molecule has 1 rings (SSSR count). The molecular weight excluding hydrogens is 183 g/mol. The number of rotatable bonds is 5. The first-order chi connectivity index (χ1) is 6.72. The molecule has 0 aromatic heterocycles. The molecule has 4 heteroatoms. The van der Waals surface area contributed by atoms with E-state index in [2.05, 4.69) is 5.32 Å². The monoisotopic (exact) mass is 198 g/mol. The fraction of sp³-hybridized carbons (Fsp3) is 0.400. The van der Waals surface area contributed by atoms with Gasteiger partial charge in [0.2, 0.25) is 0 Å². The van der Waals surface area contributed by atoms with Crippen LogP contribution in [0.1, 0.15) is 12.0 Å². The van der Waals surface area contributed by atoms with Crippen molar-refractivity contribution < 1.29 is 9.50 Å². The van der Waals surface area contributed by atoms with Gasteiger partial charge in [-0.3, -0.25) is 0 Å². The number of hydrogen-bond acceptors (Lipinski definition) is 3. The van der Waals surface area contributed by atoms with E-state index in [9.17, 15) is 4.39 Å². The van der Waals surface area contributed by atoms with Gasteiger partial charge in [0, 0.05) is 12.6 Å². The quantitative estimate of drug-likeness (QED) is 0.618. The molecule has 0 amide bonds. The topological polar surface area (TPSA) is 58.3 Å². The molecule has 0 aliphatic carbocycles. The summed E-state index contributed by atoms with van der Waals surface area (Å²) in [6.07, 6.45) is 0.890. The average molecular weight is 198 g/mol. The van der Waals surface area contributed by atoms with Gasteiger partial charge in [-0.15, -0.1) is 0 Å². The molecule has 0 fully saturated rings. The van der Waals surface area contributed by atoms with Gasteiger partial charge in [-0.1, -0.05) is 0 Å². The summed E-state index contributed by atoms with van der Waals surface area (Å²) in [4.78, 5) is 0. The maximum Gasteiger partial charge on any atom is 0.127 e. The molecule has 0 aliphatic rings. The van der Waals surface area contributed by atoms with Crippen molar-refractivity contribution in [3.8, 4) is 5.75 Å². The Bertz CT molecular complexity index is 271. The van der Waals surface area contributed by atoms with Gasteiger partial charge >= 0.3 is 0 Å². The van der Waals surface area contributed by atoms with E-state index in [1.807, 2.05) is 0 Å². The minimum absolute atomic E-state index is 0.0411. The molecule has 3 nitrogen and oxygen atoms in total. The first kappa shape index (κ1) is 10.9. The van der Waals surface area contributed by atoms with Crippen molar-refractivity contribution in [3.05, 3.63) is 29.6 Å². The van der Waals surface area contributed by atoms with E-state index in [-0.39, 0.29) is 5.75 Å². The van der Waals surface area contributed by atoms with E-state index < -0.39 is 5.82 Å². The van der Waals surface area contributed by atoms with Crippen molar-refractivity contribution in [1.29, 1.82) is 0 Å². The molecule has 0 heterocycles. The smallest absolute Gasteiger partial charge is 0.127 e. The summed E-state index contributed by atoms with van der Waals surface area (Å²) in [5, 5.41) is 12.2. The van der Waals surface area contributed by atoms with Gasteiger partial charge in [0.05, 0.1) is 0 Å². The van der Waals surface area contributed by atoms with Crippen LogP contribution in [0.15, 0.2) is 18.2 Å². The van der Waals surface area contributed by atoms with E-state index in [1.54, 1.807) is 6.07 Å². The number of hydrogen-bond donors (Lipinski definition) is 3. The van der Waals surface area contributed by atoms with Crippen LogP contribution in [-0.2, 0) is 6.54 Å². The van der Waals surface area contributed by atoms with Crippen LogP contribution in [0, 0.1) is 5.82 Å². The van der Waals surface area contributed by atoms with E-state index in [4.69, 9.17) is 10.8 Å². The Labute approximate surface area is 82.7 Å². The van der Waals surface area contributed by atoms with Crippen LogP contribution in [0.5, 0.6) is 5.75 Å². The molecule has 4 N–H and O–H groups in total. The van der Waals surface area contributed by atoms with E-state index >= 15 is 0 Å². The number of nitrogens with one attached hydrogen (secondary N) is 1.